The largest absolute Gasteiger partial charge is 0.374 e. The van der Waals surface area contributed by atoms with Gasteiger partial charge in [0.1, 0.15) is 5.78 Å². The number of ketones is 1. The number of hydrogen-bond donors (Lipinski definition) is 0. The quantitative estimate of drug-likeness (QED) is 0.693. The van der Waals surface area contributed by atoms with Crippen molar-refractivity contribution in [2.45, 2.75) is 51.6 Å². The molecule has 0 unspecified atom stereocenters. The Hall–Kier alpha value is -0.370. The van der Waals surface area contributed by atoms with E-state index < -0.39 is 0 Å². The van der Waals surface area contributed by atoms with Gasteiger partial charge in [0.25, 0.3) is 0 Å². The van der Waals surface area contributed by atoms with Gasteiger partial charge in [-0.2, -0.15) is 0 Å². The summed E-state index contributed by atoms with van der Waals surface area (Å²) in [4.78, 5) is 11.6. The second-order valence-electron chi connectivity index (χ2n) is 5.31. The average Bonchev–Trinajstić information content (AvgIpc) is 2.16. The molecule has 0 aliphatic heterocycles. The Morgan fingerprint density at radius 2 is 2.07 bits per heavy atom. The lowest BCUT2D eigenvalue weighted by atomic mass is 9.67. The van der Waals surface area contributed by atoms with Gasteiger partial charge in [0.05, 0.1) is 5.60 Å². The zero-order valence-corrected chi connectivity index (χ0v) is 9.21. The summed E-state index contributed by atoms with van der Waals surface area (Å²) < 4.78 is 5.97. The number of carbonyl (C=O) groups is 1. The minimum Gasteiger partial charge on any atom is -0.374 e. The van der Waals surface area contributed by atoms with Gasteiger partial charge in [-0.05, 0) is 31.6 Å². The van der Waals surface area contributed by atoms with E-state index in [0.29, 0.717) is 24.0 Å². The highest BCUT2D eigenvalue weighted by Gasteiger charge is 2.45. The summed E-state index contributed by atoms with van der Waals surface area (Å²) in [5, 5.41) is 0. The van der Waals surface area contributed by atoms with Crippen molar-refractivity contribution >= 4 is 5.78 Å². The molecule has 3 rings (SSSR count). The first-order chi connectivity index (χ1) is 6.61. The molecule has 2 bridgehead atoms. The fourth-order valence-corrected chi connectivity index (χ4v) is 2.64. The first-order valence-corrected chi connectivity index (χ1v) is 5.78. The molecule has 0 N–H and O–H groups in total. The summed E-state index contributed by atoms with van der Waals surface area (Å²) in [7, 11) is 0. The smallest absolute Gasteiger partial charge is 0.138 e. The number of fused-ring (bicyclic) bond motifs is 3. The van der Waals surface area contributed by atoms with Crippen molar-refractivity contribution in [2.75, 3.05) is 6.61 Å². The van der Waals surface area contributed by atoms with E-state index in [9.17, 15) is 4.79 Å². The van der Waals surface area contributed by atoms with Crippen LogP contribution in [-0.2, 0) is 9.53 Å². The van der Waals surface area contributed by atoms with Crippen LogP contribution in [0.4, 0.5) is 0 Å². The fraction of sp³-hybridized carbons (Fsp3) is 0.917. The Balaban J connectivity index is 1.97. The molecular formula is C12H20O2. The van der Waals surface area contributed by atoms with Gasteiger partial charge in [-0.15, -0.1) is 0 Å². The summed E-state index contributed by atoms with van der Waals surface area (Å²) >= 11 is 0. The molecule has 0 amide bonds. The van der Waals surface area contributed by atoms with Gasteiger partial charge in [-0.25, -0.2) is 0 Å². The van der Waals surface area contributed by atoms with Crippen LogP contribution in [0.3, 0.4) is 0 Å². The van der Waals surface area contributed by atoms with E-state index in [1.54, 1.807) is 0 Å². The van der Waals surface area contributed by atoms with E-state index in [0.717, 1.165) is 32.3 Å². The lowest BCUT2D eigenvalue weighted by molar-refractivity contribution is -0.153. The first kappa shape index (κ1) is 10.2. The van der Waals surface area contributed by atoms with Gasteiger partial charge in [-0.1, -0.05) is 13.8 Å². The molecule has 0 saturated heterocycles. The van der Waals surface area contributed by atoms with E-state index >= 15 is 0 Å². The van der Waals surface area contributed by atoms with Crippen LogP contribution in [0, 0.1) is 11.8 Å². The summed E-state index contributed by atoms with van der Waals surface area (Å²) in [6.45, 7) is 5.12. The molecule has 3 saturated carbocycles. The van der Waals surface area contributed by atoms with Crippen molar-refractivity contribution in [1.29, 1.82) is 0 Å². The highest BCUT2D eigenvalue weighted by atomic mass is 16.5. The monoisotopic (exact) mass is 196 g/mol. The zero-order chi connectivity index (χ0) is 10.2. The maximum atomic E-state index is 11.6. The van der Waals surface area contributed by atoms with Crippen LogP contribution in [0.15, 0.2) is 0 Å². The molecule has 0 spiro atoms. The highest BCUT2D eigenvalue weighted by Crippen LogP contribution is 2.44. The highest BCUT2D eigenvalue weighted by molar-refractivity contribution is 5.83. The normalized spacial score (nSPS) is 36.8. The third kappa shape index (κ3) is 1.85. The Labute approximate surface area is 86.0 Å². The molecule has 3 fully saturated rings. The van der Waals surface area contributed by atoms with E-state index in [2.05, 4.69) is 13.8 Å². The molecule has 2 nitrogen and oxygen atoms in total. The topological polar surface area (TPSA) is 26.3 Å². The summed E-state index contributed by atoms with van der Waals surface area (Å²) in [6.07, 6.45) is 5.03. The first-order valence-electron chi connectivity index (χ1n) is 5.78. The summed E-state index contributed by atoms with van der Waals surface area (Å²) in [5.74, 6) is 1.39. The number of hydrogen-bond acceptors (Lipinski definition) is 2. The standard InChI is InChI=1S/C12H20O2/c1-9(2)8-14-12-5-3-10(4-6-12)11(13)7-12/h9-10H,3-8H2,1-2H3. The predicted octanol–water partition coefficient (Wildman–Crippen LogP) is 2.56. The molecule has 0 aromatic carbocycles. The Morgan fingerprint density at radius 1 is 1.43 bits per heavy atom. The molecule has 14 heavy (non-hydrogen) atoms. The third-order valence-electron chi connectivity index (χ3n) is 3.57. The van der Waals surface area contributed by atoms with Crippen LogP contribution >= 0.6 is 0 Å². The van der Waals surface area contributed by atoms with Crippen molar-refractivity contribution in [1.82, 2.24) is 0 Å². The minimum absolute atomic E-state index is 0.0594. The maximum Gasteiger partial charge on any atom is 0.138 e. The Bertz CT molecular complexity index is 224. The van der Waals surface area contributed by atoms with Crippen molar-refractivity contribution in [2.24, 2.45) is 11.8 Å². The molecular weight excluding hydrogens is 176 g/mol. The molecule has 0 heterocycles. The van der Waals surface area contributed by atoms with Crippen LogP contribution in [0.2, 0.25) is 0 Å². The molecule has 3 aliphatic rings. The van der Waals surface area contributed by atoms with Gasteiger partial charge in [0.2, 0.25) is 0 Å². The van der Waals surface area contributed by atoms with E-state index in [1.165, 1.54) is 0 Å². The molecule has 2 heteroatoms. The maximum absolute atomic E-state index is 11.6. The molecule has 0 radical (unpaired) electrons. The Kier molecular flexibility index (Phi) is 2.65. The molecule has 3 aliphatic carbocycles. The minimum atomic E-state index is -0.0594. The SMILES string of the molecule is CC(C)COC12CCC(CC1)C(=O)C2. The summed E-state index contributed by atoms with van der Waals surface area (Å²) in [6, 6.07) is 0. The second kappa shape index (κ2) is 3.65. The molecule has 0 aromatic rings. The molecule has 0 aromatic heterocycles. The lowest BCUT2D eigenvalue weighted by Gasteiger charge is -2.45. The van der Waals surface area contributed by atoms with E-state index in [1.807, 2.05) is 0 Å². The number of rotatable bonds is 3. The summed E-state index contributed by atoms with van der Waals surface area (Å²) in [5.41, 5.74) is -0.0594. The fourth-order valence-electron chi connectivity index (χ4n) is 2.64. The van der Waals surface area contributed by atoms with E-state index in [4.69, 9.17) is 4.74 Å². The van der Waals surface area contributed by atoms with Gasteiger partial charge in [0.15, 0.2) is 0 Å². The van der Waals surface area contributed by atoms with Gasteiger partial charge in [0, 0.05) is 18.9 Å². The molecule has 0 atom stereocenters. The second-order valence-corrected chi connectivity index (χ2v) is 5.31. The van der Waals surface area contributed by atoms with Crippen molar-refractivity contribution < 1.29 is 9.53 Å². The lowest BCUT2D eigenvalue weighted by Crippen LogP contribution is -2.47. The van der Waals surface area contributed by atoms with Crippen LogP contribution in [0.1, 0.15) is 46.0 Å². The van der Waals surface area contributed by atoms with Gasteiger partial charge < -0.3 is 4.74 Å². The van der Waals surface area contributed by atoms with Crippen molar-refractivity contribution in [3.8, 4) is 0 Å². The third-order valence-corrected chi connectivity index (χ3v) is 3.57. The van der Waals surface area contributed by atoms with Crippen LogP contribution in [0.25, 0.3) is 0 Å². The van der Waals surface area contributed by atoms with Crippen LogP contribution < -0.4 is 0 Å². The predicted molar refractivity (Wildman–Crippen MR) is 55.1 cm³/mol. The van der Waals surface area contributed by atoms with E-state index in [-0.39, 0.29) is 5.60 Å². The zero-order valence-electron chi connectivity index (χ0n) is 9.21. The number of carbonyl (C=O) groups excluding carboxylic acids is 1. The van der Waals surface area contributed by atoms with Gasteiger partial charge in [-0.3, -0.25) is 4.79 Å². The van der Waals surface area contributed by atoms with Gasteiger partial charge >= 0.3 is 0 Å². The van der Waals surface area contributed by atoms with Crippen molar-refractivity contribution in [3.05, 3.63) is 0 Å². The Morgan fingerprint density at radius 3 is 2.57 bits per heavy atom. The van der Waals surface area contributed by atoms with Crippen molar-refractivity contribution in [3.63, 3.8) is 0 Å². The van der Waals surface area contributed by atoms with Crippen LogP contribution in [0.5, 0.6) is 0 Å². The number of Topliss-reactive ketones (excluding diaryl/α,β-unsaturated/α-hetero) is 1. The number of ether oxygens (including phenoxy) is 1. The van der Waals surface area contributed by atoms with Crippen LogP contribution in [-0.4, -0.2) is 18.0 Å². The molecule has 80 valence electrons. The average molecular weight is 196 g/mol.